The van der Waals surface area contributed by atoms with Crippen molar-refractivity contribution in [2.24, 2.45) is 5.73 Å². The number of hydrogen-bond acceptors (Lipinski definition) is 2. The van der Waals surface area contributed by atoms with Crippen LogP contribution < -0.4 is 11.1 Å². The molecule has 0 aliphatic heterocycles. The second kappa shape index (κ2) is 8.13. The number of nitrogens with one attached hydrogen (secondary N) is 1. The predicted molar refractivity (Wildman–Crippen MR) is 82.9 cm³/mol. The Morgan fingerprint density at radius 3 is 1.73 bits per heavy atom. The lowest BCUT2D eigenvalue weighted by Gasteiger charge is -2.15. The Morgan fingerprint density at radius 2 is 1.30 bits per heavy atom. The smallest absolute Gasteiger partial charge is 0.326 e. The van der Waals surface area contributed by atoms with Gasteiger partial charge in [0.1, 0.15) is 11.3 Å². The van der Waals surface area contributed by atoms with Gasteiger partial charge in [0.05, 0.1) is 12.0 Å². The van der Waals surface area contributed by atoms with Crippen LogP contribution in [0.3, 0.4) is 0 Å². The molecule has 2 aromatic carbocycles. The summed E-state index contributed by atoms with van der Waals surface area (Å²) in [5, 5.41) is 1.33. The molecular formula is C17H10F10N2O. The van der Waals surface area contributed by atoms with E-state index in [0.717, 1.165) is 6.07 Å². The van der Waals surface area contributed by atoms with Gasteiger partial charge in [0.2, 0.25) is 5.91 Å². The molecule has 3 N–H and O–H groups in total. The van der Waals surface area contributed by atoms with Gasteiger partial charge in [-0.15, -0.1) is 0 Å². The molecule has 2 aromatic rings. The Kier molecular flexibility index (Phi) is 6.35. The largest absolute Gasteiger partial charge is 0.422 e. The van der Waals surface area contributed by atoms with Gasteiger partial charge >= 0.3 is 12.4 Å². The number of carbonyl (C=O) groups excluding carboxylic acids is 1. The van der Waals surface area contributed by atoms with Crippen molar-refractivity contribution in [2.45, 2.75) is 25.3 Å². The summed E-state index contributed by atoms with van der Waals surface area (Å²) in [5.41, 5.74) is -0.971. The van der Waals surface area contributed by atoms with Gasteiger partial charge in [-0.3, -0.25) is 4.79 Å². The lowest BCUT2D eigenvalue weighted by atomic mass is 10.0. The summed E-state index contributed by atoms with van der Waals surface area (Å²) in [5.74, 6) is -12.1. The van der Waals surface area contributed by atoms with E-state index in [-0.39, 0.29) is 17.7 Å². The van der Waals surface area contributed by atoms with Crippen LogP contribution >= 0.6 is 0 Å². The predicted octanol–water partition coefficient (Wildman–Crippen LogP) is 4.92. The third kappa shape index (κ3) is 4.83. The molecule has 0 aliphatic rings. The van der Waals surface area contributed by atoms with Gasteiger partial charge in [0, 0.05) is 6.54 Å². The standard InChI is InChI=1S/C17H10F10N2O/c18-11-10(17(25,26)27)12(19)14(21)15(13(11)20)29-9(30)4-6-1-7(5-28)3-8(2-6)16(22,23)24/h1-3H,4-5,28H2,(H,29,30). The van der Waals surface area contributed by atoms with Crippen molar-refractivity contribution < 1.29 is 48.7 Å². The van der Waals surface area contributed by atoms with E-state index < -0.39 is 64.8 Å². The van der Waals surface area contributed by atoms with Crippen LogP contribution in [0.25, 0.3) is 0 Å². The topological polar surface area (TPSA) is 55.1 Å². The zero-order chi connectivity index (χ0) is 23.0. The highest BCUT2D eigenvalue weighted by atomic mass is 19.4. The van der Waals surface area contributed by atoms with Gasteiger partial charge in [0.25, 0.3) is 0 Å². The third-order valence-electron chi connectivity index (χ3n) is 3.79. The molecule has 0 radical (unpaired) electrons. The van der Waals surface area contributed by atoms with E-state index in [1.165, 1.54) is 5.32 Å². The summed E-state index contributed by atoms with van der Waals surface area (Å²) < 4.78 is 131. The van der Waals surface area contributed by atoms with Gasteiger partial charge in [-0.2, -0.15) is 26.3 Å². The van der Waals surface area contributed by atoms with Gasteiger partial charge in [-0.25, -0.2) is 17.6 Å². The molecule has 1 amide bonds. The molecule has 0 saturated carbocycles. The van der Waals surface area contributed by atoms with Crippen molar-refractivity contribution in [2.75, 3.05) is 5.32 Å². The van der Waals surface area contributed by atoms with Crippen LogP contribution in [0.15, 0.2) is 18.2 Å². The molecule has 0 aromatic heterocycles. The molecule has 0 saturated heterocycles. The van der Waals surface area contributed by atoms with E-state index >= 15 is 0 Å². The minimum atomic E-state index is -5.77. The average molecular weight is 448 g/mol. The number of halogens is 10. The number of hydrogen-bond donors (Lipinski definition) is 2. The fourth-order valence-corrected chi connectivity index (χ4v) is 2.51. The molecule has 0 bridgehead atoms. The molecule has 0 aliphatic carbocycles. The van der Waals surface area contributed by atoms with Crippen LogP contribution in [0.4, 0.5) is 49.6 Å². The number of carbonyl (C=O) groups is 1. The highest BCUT2D eigenvalue weighted by Crippen LogP contribution is 2.38. The van der Waals surface area contributed by atoms with Crippen molar-refractivity contribution in [1.82, 2.24) is 0 Å². The first-order valence-electron chi connectivity index (χ1n) is 7.79. The Hall–Kier alpha value is -2.83. The van der Waals surface area contributed by atoms with Gasteiger partial charge < -0.3 is 11.1 Å². The molecule has 0 unspecified atom stereocenters. The minimum absolute atomic E-state index is 0.0448. The Balaban J connectivity index is 2.38. The SMILES string of the molecule is NCc1cc(CC(=O)Nc2c(F)c(F)c(C(F)(F)F)c(F)c2F)cc(C(F)(F)F)c1. The zero-order valence-electron chi connectivity index (χ0n) is 14.4. The number of rotatable bonds is 4. The number of anilines is 1. The fraction of sp³-hybridized carbons (Fsp3) is 0.235. The van der Waals surface area contributed by atoms with E-state index in [1.807, 2.05) is 0 Å². The number of amides is 1. The maximum atomic E-state index is 13.8. The zero-order valence-corrected chi connectivity index (χ0v) is 14.4. The Morgan fingerprint density at radius 1 is 0.800 bits per heavy atom. The molecule has 0 atom stereocenters. The van der Waals surface area contributed by atoms with Crippen LogP contribution in [0, 0.1) is 23.3 Å². The van der Waals surface area contributed by atoms with Crippen molar-refractivity contribution in [3.8, 4) is 0 Å². The first kappa shape index (κ1) is 23.4. The van der Waals surface area contributed by atoms with E-state index in [1.54, 1.807) is 0 Å². The number of alkyl halides is 6. The molecular weight excluding hydrogens is 438 g/mol. The molecule has 0 heterocycles. The number of benzene rings is 2. The first-order valence-corrected chi connectivity index (χ1v) is 7.79. The van der Waals surface area contributed by atoms with E-state index in [9.17, 15) is 48.7 Å². The summed E-state index contributed by atoms with van der Waals surface area (Å²) in [6, 6.07) is 2.29. The molecule has 164 valence electrons. The summed E-state index contributed by atoms with van der Waals surface area (Å²) >= 11 is 0. The van der Waals surface area contributed by atoms with E-state index in [2.05, 4.69) is 0 Å². The second-order valence-electron chi connectivity index (χ2n) is 5.97. The minimum Gasteiger partial charge on any atom is -0.326 e. The maximum absolute atomic E-state index is 13.8. The Labute approximate surface area is 161 Å². The summed E-state index contributed by atoms with van der Waals surface area (Å²) in [7, 11) is 0. The summed E-state index contributed by atoms with van der Waals surface area (Å²) in [6.45, 7) is -0.350. The summed E-state index contributed by atoms with van der Waals surface area (Å²) in [4.78, 5) is 11.9. The van der Waals surface area contributed by atoms with Gasteiger partial charge in [0.15, 0.2) is 23.3 Å². The lowest BCUT2D eigenvalue weighted by Crippen LogP contribution is -2.21. The van der Waals surface area contributed by atoms with Crippen LogP contribution in [-0.4, -0.2) is 5.91 Å². The lowest BCUT2D eigenvalue weighted by molar-refractivity contribution is -0.143. The first-order chi connectivity index (χ1) is 13.7. The van der Waals surface area contributed by atoms with E-state index in [0.29, 0.717) is 12.1 Å². The second-order valence-corrected chi connectivity index (χ2v) is 5.97. The third-order valence-corrected chi connectivity index (χ3v) is 3.79. The average Bonchev–Trinajstić information content (AvgIpc) is 2.61. The summed E-state index contributed by atoms with van der Waals surface area (Å²) in [6.07, 6.45) is -11.5. The van der Waals surface area contributed by atoms with Crippen LogP contribution in [0.2, 0.25) is 0 Å². The van der Waals surface area contributed by atoms with Gasteiger partial charge in [-0.1, -0.05) is 6.07 Å². The Bertz CT molecular complexity index is 953. The molecule has 3 nitrogen and oxygen atoms in total. The molecule has 13 heteroatoms. The molecule has 0 spiro atoms. The van der Waals surface area contributed by atoms with Crippen molar-refractivity contribution >= 4 is 11.6 Å². The molecule has 30 heavy (non-hydrogen) atoms. The normalized spacial score (nSPS) is 12.2. The van der Waals surface area contributed by atoms with Crippen LogP contribution in [0.5, 0.6) is 0 Å². The van der Waals surface area contributed by atoms with Crippen molar-refractivity contribution in [1.29, 1.82) is 0 Å². The van der Waals surface area contributed by atoms with E-state index in [4.69, 9.17) is 5.73 Å². The van der Waals surface area contributed by atoms with Gasteiger partial charge in [-0.05, 0) is 23.3 Å². The number of nitrogens with two attached hydrogens (primary N) is 1. The van der Waals surface area contributed by atoms with Crippen molar-refractivity contribution in [3.05, 3.63) is 63.7 Å². The molecule has 2 rings (SSSR count). The monoisotopic (exact) mass is 448 g/mol. The quantitative estimate of drug-likeness (QED) is 0.516. The van der Waals surface area contributed by atoms with Crippen LogP contribution in [0.1, 0.15) is 22.3 Å². The molecule has 0 fully saturated rings. The highest BCUT2D eigenvalue weighted by molar-refractivity contribution is 5.92. The fourth-order valence-electron chi connectivity index (χ4n) is 2.51. The maximum Gasteiger partial charge on any atom is 0.422 e. The van der Waals surface area contributed by atoms with Crippen molar-refractivity contribution in [3.63, 3.8) is 0 Å². The highest BCUT2D eigenvalue weighted by Gasteiger charge is 2.42. The van der Waals surface area contributed by atoms with Crippen LogP contribution in [-0.2, 0) is 30.1 Å².